The highest BCUT2D eigenvalue weighted by atomic mass is 79.9. The Morgan fingerprint density at radius 2 is 2.03 bits per heavy atom. The van der Waals surface area contributed by atoms with Crippen LogP contribution in [0.3, 0.4) is 0 Å². The highest BCUT2D eigenvalue weighted by Crippen LogP contribution is 2.36. The van der Waals surface area contributed by atoms with Crippen LogP contribution in [0.2, 0.25) is 0 Å². The lowest BCUT2D eigenvalue weighted by molar-refractivity contribution is -0.144. The van der Waals surface area contributed by atoms with Crippen molar-refractivity contribution in [2.24, 2.45) is 0 Å². The van der Waals surface area contributed by atoms with Gasteiger partial charge in [-0.15, -0.1) is 0 Å². The molecule has 148 valence electrons. The Morgan fingerprint density at radius 3 is 2.79 bits per heavy atom. The van der Waals surface area contributed by atoms with Gasteiger partial charge in [-0.1, -0.05) is 34.1 Å². The SMILES string of the molecule is O=C(O)[C@@H](c1c[nH]c2cc(Br)ccc12)N1CCC(c2nc3ccccc3o2)CC1. The van der Waals surface area contributed by atoms with Gasteiger partial charge in [0.25, 0.3) is 0 Å². The van der Waals surface area contributed by atoms with E-state index in [1.165, 1.54) is 0 Å². The number of likely N-dealkylation sites (tertiary alicyclic amines) is 1. The Morgan fingerprint density at radius 1 is 1.24 bits per heavy atom. The van der Waals surface area contributed by atoms with E-state index >= 15 is 0 Å². The number of H-pyrrole nitrogens is 1. The van der Waals surface area contributed by atoms with Crippen molar-refractivity contribution >= 4 is 43.9 Å². The van der Waals surface area contributed by atoms with Gasteiger partial charge in [-0.25, -0.2) is 4.98 Å². The van der Waals surface area contributed by atoms with Crippen LogP contribution in [0, 0.1) is 0 Å². The van der Waals surface area contributed by atoms with Crippen LogP contribution in [0.25, 0.3) is 22.0 Å². The zero-order valence-electron chi connectivity index (χ0n) is 15.6. The first-order valence-corrected chi connectivity index (χ1v) is 10.5. The van der Waals surface area contributed by atoms with Crippen molar-refractivity contribution in [3.63, 3.8) is 0 Å². The van der Waals surface area contributed by atoms with Crippen molar-refractivity contribution in [2.45, 2.75) is 24.8 Å². The minimum Gasteiger partial charge on any atom is -0.480 e. The van der Waals surface area contributed by atoms with Gasteiger partial charge in [0.05, 0.1) is 0 Å². The molecule has 3 heterocycles. The van der Waals surface area contributed by atoms with Crippen molar-refractivity contribution in [2.75, 3.05) is 13.1 Å². The Hall–Kier alpha value is -2.64. The van der Waals surface area contributed by atoms with Crippen molar-refractivity contribution in [1.29, 1.82) is 0 Å². The van der Waals surface area contributed by atoms with Crippen LogP contribution in [0.15, 0.2) is 57.6 Å². The molecule has 1 atom stereocenters. The van der Waals surface area contributed by atoms with Crippen molar-refractivity contribution in [3.8, 4) is 0 Å². The number of benzene rings is 2. The summed E-state index contributed by atoms with van der Waals surface area (Å²) < 4.78 is 6.90. The van der Waals surface area contributed by atoms with Crippen molar-refractivity contribution < 1.29 is 14.3 Å². The summed E-state index contributed by atoms with van der Waals surface area (Å²) in [6, 6.07) is 13.0. The number of carboxylic acids is 1. The van der Waals surface area contributed by atoms with E-state index in [1.807, 2.05) is 53.6 Å². The van der Waals surface area contributed by atoms with E-state index < -0.39 is 12.0 Å². The first-order valence-electron chi connectivity index (χ1n) is 9.69. The number of rotatable bonds is 4. The minimum absolute atomic E-state index is 0.215. The molecule has 1 aliphatic heterocycles. The molecule has 7 heteroatoms. The molecule has 2 N–H and O–H groups in total. The third kappa shape index (κ3) is 3.34. The monoisotopic (exact) mass is 453 g/mol. The molecule has 2 aromatic heterocycles. The molecule has 1 fully saturated rings. The lowest BCUT2D eigenvalue weighted by Gasteiger charge is -2.34. The second-order valence-corrected chi connectivity index (χ2v) is 8.42. The summed E-state index contributed by atoms with van der Waals surface area (Å²) in [6.07, 6.45) is 3.47. The number of carboxylic acid groups (broad SMARTS) is 1. The van der Waals surface area contributed by atoms with E-state index in [0.717, 1.165) is 50.8 Å². The lowest BCUT2D eigenvalue weighted by Crippen LogP contribution is -2.39. The van der Waals surface area contributed by atoms with E-state index in [9.17, 15) is 9.90 Å². The normalized spacial score (nSPS) is 17.1. The van der Waals surface area contributed by atoms with Crippen LogP contribution in [0.4, 0.5) is 0 Å². The second-order valence-electron chi connectivity index (χ2n) is 7.50. The number of aliphatic carboxylic acids is 1. The zero-order chi connectivity index (χ0) is 20.0. The van der Waals surface area contributed by atoms with Gasteiger partial charge in [-0.2, -0.15) is 0 Å². The molecule has 0 radical (unpaired) electrons. The molecule has 0 unspecified atom stereocenters. The van der Waals surface area contributed by atoms with Crippen LogP contribution < -0.4 is 0 Å². The molecule has 1 aliphatic rings. The standard InChI is InChI=1S/C22H20BrN3O3/c23-14-5-6-15-16(12-24-18(15)11-14)20(22(27)28)26-9-7-13(8-10-26)21-25-17-3-1-2-4-19(17)29-21/h1-6,11-13,20,24H,7-10H2,(H,27,28)/t20-/m1/s1. The predicted octanol–water partition coefficient (Wildman–Crippen LogP) is 5.08. The van der Waals surface area contributed by atoms with Gasteiger partial charge in [0, 0.05) is 46.1 Å². The van der Waals surface area contributed by atoms with Crippen LogP contribution in [-0.4, -0.2) is 39.0 Å². The summed E-state index contributed by atoms with van der Waals surface area (Å²) in [5, 5.41) is 10.9. The number of para-hydroxylation sites is 2. The number of aromatic nitrogens is 2. The smallest absolute Gasteiger partial charge is 0.325 e. The molecule has 0 bridgehead atoms. The largest absolute Gasteiger partial charge is 0.480 e. The molecule has 0 aliphatic carbocycles. The first kappa shape index (κ1) is 18.4. The maximum Gasteiger partial charge on any atom is 0.325 e. The van der Waals surface area contributed by atoms with Gasteiger partial charge in [0.15, 0.2) is 11.5 Å². The number of piperidine rings is 1. The Balaban J connectivity index is 1.38. The molecular weight excluding hydrogens is 434 g/mol. The van der Waals surface area contributed by atoms with Gasteiger partial charge in [-0.3, -0.25) is 9.69 Å². The molecule has 4 aromatic rings. The van der Waals surface area contributed by atoms with E-state index in [2.05, 4.69) is 25.9 Å². The quantitative estimate of drug-likeness (QED) is 0.450. The van der Waals surface area contributed by atoms with Gasteiger partial charge < -0.3 is 14.5 Å². The summed E-state index contributed by atoms with van der Waals surface area (Å²) in [4.78, 5) is 22.1. The lowest BCUT2D eigenvalue weighted by atomic mass is 9.94. The maximum atomic E-state index is 12.2. The molecule has 0 spiro atoms. The van der Waals surface area contributed by atoms with Gasteiger partial charge in [0.1, 0.15) is 11.6 Å². The predicted molar refractivity (Wildman–Crippen MR) is 114 cm³/mol. The fourth-order valence-corrected chi connectivity index (χ4v) is 4.66. The number of aromatic amines is 1. The van der Waals surface area contributed by atoms with Crippen molar-refractivity contribution in [1.82, 2.24) is 14.9 Å². The Kier molecular flexibility index (Phi) is 4.64. The van der Waals surface area contributed by atoms with E-state index in [0.29, 0.717) is 13.1 Å². The number of fused-ring (bicyclic) bond motifs is 2. The molecular formula is C22H20BrN3O3. The van der Waals surface area contributed by atoms with Crippen LogP contribution in [-0.2, 0) is 4.79 Å². The van der Waals surface area contributed by atoms with Gasteiger partial charge in [0.2, 0.25) is 0 Å². The molecule has 29 heavy (non-hydrogen) atoms. The zero-order valence-corrected chi connectivity index (χ0v) is 17.2. The molecule has 6 nitrogen and oxygen atoms in total. The van der Waals surface area contributed by atoms with Crippen LogP contribution >= 0.6 is 15.9 Å². The number of nitrogens with one attached hydrogen (secondary N) is 1. The summed E-state index contributed by atoms with van der Waals surface area (Å²) >= 11 is 3.46. The van der Waals surface area contributed by atoms with Gasteiger partial charge >= 0.3 is 5.97 Å². The summed E-state index contributed by atoms with van der Waals surface area (Å²) in [7, 11) is 0. The van der Waals surface area contributed by atoms with Crippen molar-refractivity contribution in [3.05, 3.63) is 64.6 Å². The average Bonchev–Trinajstić information content (AvgIpc) is 3.32. The Labute approximate surface area is 175 Å². The van der Waals surface area contributed by atoms with Crippen LogP contribution in [0.1, 0.15) is 36.3 Å². The molecule has 1 saturated heterocycles. The van der Waals surface area contributed by atoms with E-state index in [1.54, 1.807) is 0 Å². The van der Waals surface area contributed by atoms with E-state index in [-0.39, 0.29) is 5.92 Å². The second kappa shape index (κ2) is 7.31. The molecule has 0 amide bonds. The number of hydrogen-bond donors (Lipinski definition) is 2. The minimum atomic E-state index is -0.825. The third-order valence-corrected chi connectivity index (χ3v) is 6.25. The fourth-order valence-electron chi connectivity index (χ4n) is 4.30. The number of halogens is 1. The highest BCUT2D eigenvalue weighted by molar-refractivity contribution is 9.10. The molecule has 0 saturated carbocycles. The first-order chi connectivity index (χ1) is 14.1. The number of oxazole rings is 1. The number of nitrogens with zero attached hydrogens (tertiary/aromatic N) is 2. The van der Waals surface area contributed by atoms with Crippen LogP contribution in [0.5, 0.6) is 0 Å². The average molecular weight is 454 g/mol. The number of hydrogen-bond acceptors (Lipinski definition) is 4. The molecule has 5 rings (SSSR count). The summed E-state index contributed by atoms with van der Waals surface area (Å²) in [6.45, 7) is 1.37. The summed E-state index contributed by atoms with van der Waals surface area (Å²) in [5.74, 6) is 0.149. The highest BCUT2D eigenvalue weighted by Gasteiger charge is 2.34. The fraction of sp³-hybridized carbons (Fsp3) is 0.273. The van der Waals surface area contributed by atoms with Gasteiger partial charge in [-0.05, 0) is 37.1 Å². The van der Waals surface area contributed by atoms with E-state index in [4.69, 9.17) is 4.42 Å². The maximum absolute atomic E-state index is 12.2. The summed E-state index contributed by atoms with van der Waals surface area (Å²) in [5.41, 5.74) is 3.42. The Bertz CT molecular complexity index is 1160. The topological polar surface area (TPSA) is 82.4 Å². The molecule has 2 aromatic carbocycles. The number of carbonyl (C=O) groups is 1. The third-order valence-electron chi connectivity index (χ3n) is 5.76.